The molecule has 0 spiro atoms. The van der Waals surface area contributed by atoms with Crippen LogP contribution in [0.1, 0.15) is 15.9 Å². The maximum absolute atomic E-state index is 11.9. The van der Waals surface area contributed by atoms with Crippen LogP contribution in [0, 0.1) is 3.57 Å². The Labute approximate surface area is 156 Å². The normalized spacial score (nSPS) is 10.9. The summed E-state index contributed by atoms with van der Waals surface area (Å²) in [5.41, 5.74) is 3.36. The summed E-state index contributed by atoms with van der Waals surface area (Å²) in [7, 11) is 0. The highest BCUT2D eigenvalue weighted by Gasteiger charge is 2.07. The number of halogens is 3. The monoisotopic (exact) mass is 538 g/mol. The van der Waals surface area contributed by atoms with Crippen LogP contribution >= 0.6 is 54.5 Å². The molecule has 0 atom stereocenters. The van der Waals surface area contributed by atoms with Crippen molar-refractivity contribution in [2.24, 2.45) is 5.10 Å². The Morgan fingerprint density at radius 1 is 1.18 bits per heavy atom. The molecule has 0 saturated carbocycles. The van der Waals surface area contributed by atoms with E-state index < -0.39 is 5.91 Å². The van der Waals surface area contributed by atoms with Gasteiger partial charge in [-0.15, -0.1) is 0 Å². The van der Waals surface area contributed by atoms with Gasteiger partial charge in [-0.25, -0.2) is 5.43 Å². The van der Waals surface area contributed by atoms with E-state index in [9.17, 15) is 15.0 Å². The van der Waals surface area contributed by atoms with Gasteiger partial charge in [0.05, 0.1) is 18.7 Å². The second kappa shape index (κ2) is 7.42. The van der Waals surface area contributed by atoms with Crippen molar-refractivity contribution in [3.8, 4) is 11.5 Å². The highest BCUT2D eigenvalue weighted by atomic mass is 127. The zero-order valence-electron chi connectivity index (χ0n) is 10.8. The van der Waals surface area contributed by atoms with Gasteiger partial charge < -0.3 is 10.2 Å². The number of amides is 1. The number of hydrazone groups is 1. The van der Waals surface area contributed by atoms with Gasteiger partial charge in [-0.1, -0.05) is 0 Å². The molecule has 0 bridgehead atoms. The van der Waals surface area contributed by atoms with Gasteiger partial charge in [0.15, 0.2) is 0 Å². The molecular formula is C14H9Br2IN2O3. The number of phenolic OH excluding ortho intramolecular Hbond substituents is 2. The predicted molar refractivity (Wildman–Crippen MR) is 99.4 cm³/mol. The Morgan fingerprint density at radius 3 is 2.41 bits per heavy atom. The zero-order valence-corrected chi connectivity index (χ0v) is 16.2. The van der Waals surface area contributed by atoms with Gasteiger partial charge >= 0.3 is 0 Å². The molecule has 0 aliphatic rings. The smallest absolute Gasteiger partial charge is 0.271 e. The van der Waals surface area contributed by atoms with Crippen LogP contribution in [0.2, 0.25) is 0 Å². The lowest BCUT2D eigenvalue weighted by molar-refractivity contribution is 0.0954. The molecule has 0 unspecified atom stereocenters. The molecule has 0 aliphatic carbocycles. The van der Waals surface area contributed by atoms with E-state index in [2.05, 4.69) is 42.4 Å². The summed E-state index contributed by atoms with van der Waals surface area (Å²) in [5.74, 6) is -0.293. The molecule has 114 valence electrons. The highest BCUT2D eigenvalue weighted by molar-refractivity contribution is 14.1. The molecule has 2 aromatic carbocycles. The maximum Gasteiger partial charge on any atom is 0.271 e. The van der Waals surface area contributed by atoms with Crippen molar-refractivity contribution < 1.29 is 15.0 Å². The second-order valence-electron chi connectivity index (χ2n) is 4.20. The number of hydrogen-bond acceptors (Lipinski definition) is 4. The van der Waals surface area contributed by atoms with Crippen LogP contribution in [0.15, 0.2) is 44.4 Å². The summed E-state index contributed by atoms with van der Waals surface area (Å²) < 4.78 is 1.69. The Hall–Kier alpha value is -1.13. The summed E-state index contributed by atoms with van der Waals surface area (Å²) in [5, 5.41) is 23.0. The second-order valence-corrected chi connectivity index (χ2v) is 7.07. The van der Waals surface area contributed by atoms with E-state index in [1.807, 2.05) is 22.6 Å². The van der Waals surface area contributed by atoms with Gasteiger partial charge in [0, 0.05) is 5.56 Å². The molecule has 22 heavy (non-hydrogen) atoms. The number of benzene rings is 2. The third-order valence-corrected chi connectivity index (χ3v) is 4.75. The summed E-state index contributed by atoms with van der Waals surface area (Å²) in [6.45, 7) is 0. The molecular weight excluding hydrogens is 531 g/mol. The van der Waals surface area contributed by atoms with Gasteiger partial charge in [0.2, 0.25) is 0 Å². The van der Waals surface area contributed by atoms with E-state index in [4.69, 9.17) is 0 Å². The average molecular weight is 540 g/mol. The van der Waals surface area contributed by atoms with Crippen LogP contribution in [0.5, 0.6) is 11.5 Å². The molecule has 0 saturated heterocycles. The molecule has 8 heteroatoms. The highest BCUT2D eigenvalue weighted by Crippen LogP contribution is 2.32. The molecule has 0 heterocycles. The SMILES string of the molecule is O=C(NN=Cc1cc(Br)c(O)c(Br)c1)c1ccc(I)c(O)c1. The van der Waals surface area contributed by atoms with Gasteiger partial charge in [0.25, 0.3) is 5.91 Å². The number of nitrogens with zero attached hydrogens (tertiary/aromatic N) is 1. The molecule has 0 aliphatic heterocycles. The van der Waals surface area contributed by atoms with Crippen LogP contribution in [-0.2, 0) is 0 Å². The fraction of sp³-hybridized carbons (Fsp3) is 0. The summed E-state index contributed by atoms with van der Waals surface area (Å²) >= 11 is 8.39. The Kier molecular flexibility index (Phi) is 5.81. The minimum Gasteiger partial charge on any atom is -0.507 e. The quantitative estimate of drug-likeness (QED) is 0.313. The number of carbonyl (C=O) groups excluding carboxylic acids is 1. The average Bonchev–Trinajstić information content (AvgIpc) is 2.47. The first-order chi connectivity index (χ1) is 10.4. The van der Waals surface area contributed by atoms with Crippen LogP contribution in [0.3, 0.4) is 0 Å². The molecule has 2 rings (SSSR count). The van der Waals surface area contributed by atoms with Crippen LogP contribution < -0.4 is 5.43 Å². The van der Waals surface area contributed by atoms with Crippen LogP contribution in [0.4, 0.5) is 0 Å². The van der Waals surface area contributed by atoms with E-state index in [1.165, 1.54) is 12.3 Å². The largest absolute Gasteiger partial charge is 0.507 e. The van der Waals surface area contributed by atoms with Gasteiger partial charge in [0.1, 0.15) is 11.5 Å². The van der Waals surface area contributed by atoms with E-state index >= 15 is 0 Å². The molecule has 0 aromatic heterocycles. The molecule has 1 amide bonds. The van der Waals surface area contributed by atoms with E-state index in [0.29, 0.717) is 23.6 Å². The third-order valence-electron chi connectivity index (χ3n) is 2.63. The van der Waals surface area contributed by atoms with Crippen molar-refractivity contribution in [1.82, 2.24) is 5.43 Å². The fourth-order valence-electron chi connectivity index (χ4n) is 1.54. The summed E-state index contributed by atoms with van der Waals surface area (Å²) in [6, 6.07) is 7.93. The lowest BCUT2D eigenvalue weighted by Crippen LogP contribution is -2.17. The lowest BCUT2D eigenvalue weighted by atomic mass is 10.2. The van der Waals surface area contributed by atoms with Crippen molar-refractivity contribution >= 4 is 66.6 Å². The molecule has 3 N–H and O–H groups in total. The van der Waals surface area contributed by atoms with Gasteiger partial charge in [-0.05, 0) is 90.3 Å². The molecule has 5 nitrogen and oxygen atoms in total. The standard InChI is InChI=1S/C14H9Br2IN2O3/c15-9-3-7(4-10(16)13(9)21)6-18-19-14(22)8-1-2-11(17)12(20)5-8/h1-6,20-21H,(H,19,22). The first-order valence-corrected chi connectivity index (χ1v) is 8.55. The first-order valence-electron chi connectivity index (χ1n) is 5.88. The van der Waals surface area contributed by atoms with E-state index in [-0.39, 0.29) is 11.5 Å². The first kappa shape index (κ1) is 17.2. The van der Waals surface area contributed by atoms with Crippen LogP contribution in [-0.4, -0.2) is 22.3 Å². The van der Waals surface area contributed by atoms with Crippen LogP contribution in [0.25, 0.3) is 0 Å². The minimum atomic E-state index is -0.431. The number of rotatable bonds is 3. The number of phenols is 2. The Morgan fingerprint density at radius 2 is 1.82 bits per heavy atom. The number of carbonyl (C=O) groups is 1. The van der Waals surface area contributed by atoms with Crippen molar-refractivity contribution in [3.63, 3.8) is 0 Å². The molecule has 0 fully saturated rings. The fourth-order valence-corrected chi connectivity index (χ4v) is 3.10. The maximum atomic E-state index is 11.9. The topological polar surface area (TPSA) is 81.9 Å². The van der Waals surface area contributed by atoms with Crippen molar-refractivity contribution in [2.45, 2.75) is 0 Å². The number of hydrogen-bond donors (Lipinski definition) is 3. The van der Waals surface area contributed by atoms with Crippen molar-refractivity contribution in [2.75, 3.05) is 0 Å². The molecule has 2 aromatic rings. The Bertz CT molecular complexity index is 743. The van der Waals surface area contributed by atoms with Gasteiger partial charge in [-0.3, -0.25) is 4.79 Å². The third kappa shape index (κ3) is 4.20. The minimum absolute atomic E-state index is 0.0450. The predicted octanol–water partition coefficient (Wildman–Crippen LogP) is 3.99. The van der Waals surface area contributed by atoms with E-state index in [1.54, 1.807) is 24.3 Å². The zero-order chi connectivity index (χ0) is 16.3. The van der Waals surface area contributed by atoms with Crippen molar-refractivity contribution in [3.05, 3.63) is 54.0 Å². The summed E-state index contributed by atoms with van der Waals surface area (Å²) in [6.07, 6.45) is 1.44. The van der Waals surface area contributed by atoms with E-state index in [0.717, 1.165) is 0 Å². The number of nitrogens with one attached hydrogen (secondary N) is 1. The summed E-state index contributed by atoms with van der Waals surface area (Å²) in [4.78, 5) is 11.9. The lowest BCUT2D eigenvalue weighted by Gasteiger charge is -2.03. The Balaban J connectivity index is 2.09. The van der Waals surface area contributed by atoms with Crippen molar-refractivity contribution in [1.29, 1.82) is 0 Å². The molecule has 0 radical (unpaired) electrons. The van der Waals surface area contributed by atoms with Gasteiger partial charge in [-0.2, -0.15) is 5.10 Å². The number of aromatic hydroxyl groups is 2.